The second-order valence-corrected chi connectivity index (χ2v) is 8.56. The first-order valence-corrected chi connectivity index (χ1v) is 9.61. The molecule has 2 aliphatic heterocycles. The number of hydrogen-bond acceptors (Lipinski definition) is 4. The zero-order valence-corrected chi connectivity index (χ0v) is 16.3. The lowest BCUT2D eigenvalue weighted by atomic mass is 9.57. The maximum atomic E-state index is 12.7. The van der Waals surface area contributed by atoms with Crippen molar-refractivity contribution in [3.05, 3.63) is 17.0 Å². The SMILES string of the molecule is Cc1nn(C)c(C)c1[C@H]1OCC[C@@H]1NC(=O)NC1C2CCOC2C1(C)C. The van der Waals surface area contributed by atoms with Crippen LogP contribution in [0, 0.1) is 25.2 Å². The van der Waals surface area contributed by atoms with Crippen molar-refractivity contribution < 1.29 is 14.3 Å². The molecule has 0 spiro atoms. The van der Waals surface area contributed by atoms with Crippen LogP contribution in [-0.4, -0.2) is 47.2 Å². The van der Waals surface area contributed by atoms with Crippen LogP contribution in [0.1, 0.15) is 49.7 Å². The van der Waals surface area contributed by atoms with Gasteiger partial charge in [0.15, 0.2) is 0 Å². The largest absolute Gasteiger partial charge is 0.377 e. The zero-order chi connectivity index (χ0) is 18.6. The van der Waals surface area contributed by atoms with Gasteiger partial charge in [0, 0.05) is 48.9 Å². The van der Waals surface area contributed by atoms with Crippen LogP contribution in [0.2, 0.25) is 0 Å². The second-order valence-electron chi connectivity index (χ2n) is 8.56. The summed E-state index contributed by atoms with van der Waals surface area (Å²) in [7, 11) is 1.94. The van der Waals surface area contributed by atoms with Crippen LogP contribution in [0.5, 0.6) is 0 Å². The number of carbonyl (C=O) groups excluding carboxylic acids is 1. The number of nitrogens with one attached hydrogen (secondary N) is 2. The highest BCUT2D eigenvalue weighted by Gasteiger charge is 2.59. The van der Waals surface area contributed by atoms with Crippen LogP contribution in [0.3, 0.4) is 0 Å². The Balaban J connectivity index is 1.42. The summed E-state index contributed by atoms with van der Waals surface area (Å²) in [6, 6.07) is 0.0289. The molecule has 1 aromatic heterocycles. The second kappa shape index (κ2) is 6.23. The number of rotatable bonds is 3. The number of ether oxygens (including phenoxy) is 2. The van der Waals surface area contributed by atoms with Crippen molar-refractivity contribution >= 4 is 6.03 Å². The standard InChI is InChI=1S/C19H30N4O3/c1-10-14(11(2)23(5)22-10)15-13(7-9-25-15)20-18(24)21-16-12-6-8-26-17(12)19(16,3)4/h12-13,15-17H,6-9H2,1-5H3,(H2,20,21,24)/t12?,13-,15-,16?,17?/m0/s1. The summed E-state index contributed by atoms with van der Waals surface area (Å²) in [5.41, 5.74) is 3.15. The van der Waals surface area contributed by atoms with Crippen molar-refractivity contribution in [3.8, 4) is 0 Å². The van der Waals surface area contributed by atoms with Gasteiger partial charge >= 0.3 is 6.03 Å². The van der Waals surface area contributed by atoms with Gasteiger partial charge < -0.3 is 20.1 Å². The van der Waals surface area contributed by atoms with Crippen LogP contribution in [0.15, 0.2) is 0 Å². The van der Waals surface area contributed by atoms with E-state index in [9.17, 15) is 4.79 Å². The Labute approximate surface area is 154 Å². The molecule has 1 aliphatic carbocycles. The van der Waals surface area contributed by atoms with Gasteiger partial charge in [-0.2, -0.15) is 5.10 Å². The van der Waals surface area contributed by atoms with Crippen molar-refractivity contribution in [2.45, 2.75) is 64.8 Å². The molecule has 2 amide bonds. The predicted molar refractivity (Wildman–Crippen MR) is 96.9 cm³/mol. The normalized spacial score (nSPS) is 35.0. The molecule has 4 rings (SSSR count). The van der Waals surface area contributed by atoms with Gasteiger partial charge in [-0.15, -0.1) is 0 Å². The van der Waals surface area contributed by atoms with E-state index in [-0.39, 0.29) is 35.7 Å². The number of aromatic nitrogens is 2. The van der Waals surface area contributed by atoms with Crippen LogP contribution in [0.4, 0.5) is 4.79 Å². The molecule has 2 saturated heterocycles. The number of hydrogen-bond donors (Lipinski definition) is 2. The fourth-order valence-electron chi connectivity index (χ4n) is 5.19. The molecular weight excluding hydrogens is 332 g/mol. The fraction of sp³-hybridized carbons (Fsp3) is 0.789. The molecule has 1 aromatic rings. The molecular formula is C19H30N4O3. The molecule has 2 N–H and O–H groups in total. The van der Waals surface area contributed by atoms with E-state index in [1.165, 1.54) is 0 Å². The number of fused-ring (bicyclic) bond motifs is 1. The Bertz CT molecular complexity index is 714. The van der Waals surface area contributed by atoms with Crippen molar-refractivity contribution in [2.75, 3.05) is 13.2 Å². The van der Waals surface area contributed by atoms with Crippen LogP contribution in [0.25, 0.3) is 0 Å². The molecule has 3 fully saturated rings. The first kappa shape index (κ1) is 17.8. The van der Waals surface area contributed by atoms with Gasteiger partial charge in [0.2, 0.25) is 0 Å². The molecule has 0 aromatic carbocycles. The van der Waals surface area contributed by atoms with E-state index in [1.54, 1.807) is 0 Å². The summed E-state index contributed by atoms with van der Waals surface area (Å²) < 4.78 is 13.7. The summed E-state index contributed by atoms with van der Waals surface area (Å²) in [6.07, 6.45) is 1.99. The Morgan fingerprint density at radius 2 is 1.92 bits per heavy atom. The minimum Gasteiger partial charge on any atom is -0.377 e. The van der Waals surface area contributed by atoms with Gasteiger partial charge in [0.25, 0.3) is 0 Å². The summed E-state index contributed by atoms with van der Waals surface area (Å²) in [6.45, 7) is 9.85. The molecule has 1 saturated carbocycles. The maximum absolute atomic E-state index is 12.7. The Morgan fingerprint density at radius 3 is 2.62 bits per heavy atom. The maximum Gasteiger partial charge on any atom is 0.315 e. The van der Waals surface area contributed by atoms with Crippen molar-refractivity contribution in [3.63, 3.8) is 0 Å². The third-order valence-corrected chi connectivity index (χ3v) is 6.64. The van der Waals surface area contributed by atoms with E-state index in [0.29, 0.717) is 12.5 Å². The molecule has 0 radical (unpaired) electrons. The van der Waals surface area contributed by atoms with Gasteiger partial charge in [-0.25, -0.2) is 4.79 Å². The lowest BCUT2D eigenvalue weighted by molar-refractivity contribution is -0.108. The van der Waals surface area contributed by atoms with E-state index < -0.39 is 0 Å². The topological polar surface area (TPSA) is 77.4 Å². The Hall–Kier alpha value is -1.60. The first-order valence-electron chi connectivity index (χ1n) is 9.61. The highest BCUT2D eigenvalue weighted by molar-refractivity contribution is 5.75. The minimum absolute atomic E-state index is 0.0133. The van der Waals surface area contributed by atoms with E-state index in [4.69, 9.17) is 9.47 Å². The third kappa shape index (κ3) is 2.63. The van der Waals surface area contributed by atoms with Crippen LogP contribution in [-0.2, 0) is 16.5 Å². The van der Waals surface area contributed by atoms with Crippen molar-refractivity contribution in [1.82, 2.24) is 20.4 Å². The van der Waals surface area contributed by atoms with E-state index in [1.807, 2.05) is 25.6 Å². The van der Waals surface area contributed by atoms with Crippen LogP contribution < -0.4 is 10.6 Å². The zero-order valence-electron chi connectivity index (χ0n) is 16.3. The summed E-state index contributed by atoms with van der Waals surface area (Å²) in [5.74, 6) is 0.439. The van der Waals surface area contributed by atoms with Gasteiger partial charge in [-0.1, -0.05) is 13.8 Å². The molecule has 5 atom stereocenters. The van der Waals surface area contributed by atoms with Gasteiger partial charge in [-0.3, -0.25) is 4.68 Å². The lowest BCUT2D eigenvalue weighted by Gasteiger charge is -2.54. The quantitative estimate of drug-likeness (QED) is 0.862. The van der Waals surface area contributed by atoms with Gasteiger partial charge in [0.05, 0.1) is 17.8 Å². The molecule has 144 valence electrons. The first-order chi connectivity index (χ1) is 12.3. The van der Waals surface area contributed by atoms with Gasteiger partial charge in [0.1, 0.15) is 6.10 Å². The number of aryl methyl sites for hydroxylation is 2. The number of amides is 2. The van der Waals surface area contributed by atoms with Crippen molar-refractivity contribution in [2.24, 2.45) is 18.4 Å². The summed E-state index contributed by atoms with van der Waals surface area (Å²) >= 11 is 0. The molecule has 3 aliphatic rings. The average Bonchev–Trinajstić information content (AvgIpc) is 3.26. The molecule has 7 nitrogen and oxygen atoms in total. The third-order valence-electron chi connectivity index (χ3n) is 6.64. The monoisotopic (exact) mass is 362 g/mol. The van der Waals surface area contributed by atoms with E-state index in [2.05, 4.69) is 29.6 Å². The molecule has 26 heavy (non-hydrogen) atoms. The Morgan fingerprint density at radius 1 is 1.19 bits per heavy atom. The average molecular weight is 362 g/mol. The smallest absolute Gasteiger partial charge is 0.315 e. The van der Waals surface area contributed by atoms with Gasteiger partial charge in [-0.05, 0) is 26.7 Å². The number of carbonyl (C=O) groups is 1. The predicted octanol–water partition coefficient (Wildman–Crippen LogP) is 1.98. The number of urea groups is 1. The highest BCUT2D eigenvalue weighted by atomic mass is 16.5. The fourth-order valence-corrected chi connectivity index (χ4v) is 5.19. The summed E-state index contributed by atoms with van der Waals surface area (Å²) in [4.78, 5) is 12.7. The van der Waals surface area contributed by atoms with E-state index >= 15 is 0 Å². The van der Waals surface area contributed by atoms with E-state index in [0.717, 1.165) is 36.4 Å². The highest BCUT2D eigenvalue weighted by Crippen LogP contribution is 2.52. The molecule has 3 unspecified atom stereocenters. The molecule has 7 heteroatoms. The lowest BCUT2D eigenvalue weighted by Crippen LogP contribution is -2.68. The minimum atomic E-state index is -0.133. The summed E-state index contributed by atoms with van der Waals surface area (Å²) in [5, 5.41) is 10.8. The number of nitrogens with zero attached hydrogens (tertiary/aromatic N) is 2. The van der Waals surface area contributed by atoms with Crippen LogP contribution >= 0.6 is 0 Å². The van der Waals surface area contributed by atoms with Crippen molar-refractivity contribution in [1.29, 1.82) is 0 Å². The molecule has 3 heterocycles. The Kier molecular flexibility index (Phi) is 4.27. The molecule has 0 bridgehead atoms.